The Labute approximate surface area is 156 Å². The van der Waals surface area contributed by atoms with Crippen LogP contribution in [0.3, 0.4) is 0 Å². The van der Waals surface area contributed by atoms with Crippen LogP contribution in [0.4, 0.5) is 4.79 Å². The Morgan fingerprint density at radius 3 is 2.19 bits per heavy atom. The number of ether oxygens (including phenoxy) is 1. The van der Waals surface area contributed by atoms with E-state index < -0.39 is 23.7 Å². The van der Waals surface area contributed by atoms with Gasteiger partial charge < -0.3 is 20.5 Å². The van der Waals surface area contributed by atoms with Crippen molar-refractivity contribution in [3.05, 3.63) is 12.7 Å². The lowest BCUT2D eigenvalue weighted by molar-refractivity contribution is -0.141. The number of carbonyl (C=O) groups is 3. The average Bonchev–Trinajstić information content (AvgIpc) is 2.52. The molecule has 7 nitrogen and oxygen atoms in total. The Morgan fingerprint density at radius 1 is 1.08 bits per heavy atom. The predicted octanol–water partition coefficient (Wildman–Crippen LogP) is 3.39. The van der Waals surface area contributed by atoms with E-state index in [-0.39, 0.29) is 18.9 Å². The van der Waals surface area contributed by atoms with Gasteiger partial charge in [0.2, 0.25) is 5.91 Å². The fraction of sp³-hybridized carbons (Fsp3) is 0.737. The molecular formula is C19H34N2O5. The minimum Gasteiger partial charge on any atom is -0.480 e. The smallest absolute Gasteiger partial charge is 0.407 e. The highest BCUT2D eigenvalue weighted by Gasteiger charge is 2.22. The van der Waals surface area contributed by atoms with Crippen molar-refractivity contribution in [3.63, 3.8) is 0 Å². The fourth-order valence-electron chi connectivity index (χ4n) is 2.25. The number of carbonyl (C=O) groups excluding carboxylic acids is 2. The molecule has 0 aliphatic heterocycles. The molecule has 2 amide bonds. The number of aliphatic carboxylic acids is 1. The van der Waals surface area contributed by atoms with E-state index in [1.54, 1.807) is 20.8 Å². The molecule has 0 heterocycles. The quantitative estimate of drug-likeness (QED) is 0.340. The molecule has 0 saturated carbocycles. The van der Waals surface area contributed by atoms with Gasteiger partial charge in [0.25, 0.3) is 0 Å². The van der Waals surface area contributed by atoms with E-state index in [2.05, 4.69) is 17.2 Å². The van der Waals surface area contributed by atoms with Gasteiger partial charge in [-0.15, -0.1) is 6.58 Å². The summed E-state index contributed by atoms with van der Waals surface area (Å²) in [5.74, 6) is -1.52. The molecule has 0 aromatic rings. The van der Waals surface area contributed by atoms with Crippen LogP contribution in [0.2, 0.25) is 0 Å². The van der Waals surface area contributed by atoms with Crippen LogP contribution in [-0.4, -0.2) is 41.3 Å². The number of carboxylic acid groups (broad SMARTS) is 1. The number of allylic oxidation sites excluding steroid dienone is 1. The van der Waals surface area contributed by atoms with E-state index in [9.17, 15) is 14.4 Å². The summed E-state index contributed by atoms with van der Waals surface area (Å²) in [6, 6.07) is -1.17. The second-order valence-electron chi connectivity index (χ2n) is 7.29. The van der Waals surface area contributed by atoms with Gasteiger partial charge in [-0.05, 0) is 40.0 Å². The molecule has 1 atom stereocenters. The van der Waals surface area contributed by atoms with Crippen LogP contribution >= 0.6 is 0 Å². The molecule has 0 aromatic carbocycles. The fourth-order valence-corrected chi connectivity index (χ4v) is 2.25. The summed E-state index contributed by atoms with van der Waals surface area (Å²) < 4.78 is 5.04. The standard InChI is InChI=1S/C19H34N2O5/c1-5-6-7-8-9-10-11-12-13-16(22)21-15(17(23)24)14-20-18(25)26-19(2,3)4/h5,15H,1,6-14H2,2-4H3,(H,20,25)(H,21,22)(H,23,24)/t15-/m0/s1. The van der Waals surface area contributed by atoms with Gasteiger partial charge >= 0.3 is 12.1 Å². The lowest BCUT2D eigenvalue weighted by Gasteiger charge is -2.21. The highest BCUT2D eigenvalue weighted by atomic mass is 16.6. The van der Waals surface area contributed by atoms with Gasteiger partial charge in [-0.3, -0.25) is 4.79 Å². The maximum atomic E-state index is 11.9. The molecule has 26 heavy (non-hydrogen) atoms. The maximum Gasteiger partial charge on any atom is 0.407 e. The highest BCUT2D eigenvalue weighted by Crippen LogP contribution is 2.09. The van der Waals surface area contributed by atoms with Crippen LogP contribution in [0.25, 0.3) is 0 Å². The third kappa shape index (κ3) is 14.3. The number of alkyl carbamates (subject to hydrolysis) is 1. The lowest BCUT2D eigenvalue weighted by Crippen LogP contribution is -2.49. The number of hydrogen-bond donors (Lipinski definition) is 3. The van der Waals surface area contributed by atoms with Gasteiger partial charge in [0.1, 0.15) is 11.6 Å². The molecule has 0 aromatic heterocycles. The van der Waals surface area contributed by atoms with Crippen molar-refractivity contribution in [2.24, 2.45) is 0 Å². The first-order chi connectivity index (χ1) is 12.2. The normalized spacial score (nSPS) is 12.1. The van der Waals surface area contributed by atoms with Gasteiger partial charge in [-0.25, -0.2) is 9.59 Å². The van der Waals surface area contributed by atoms with E-state index in [0.29, 0.717) is 0 Å². The van der Waals surface area contributed by atoms with E-state index in [4.69, 9.17) is 9.84 Å². The van der Waals surface area contributed by atoms with Crippen molar-refractivity contribution in [1.29, 1.82) is 0 Å². The molecule has 0 radical (unpaired) electrons. The van der Waals surface area contributed by atoms with Crippen molar-refractivity contribution in [3.8, 4) is 0 Å². The van der Waals surface area contributed by atoms with Crippen molar-refractivity contribution in [2.45, 2.75) is 83.8 Å². The number of unbranched alkanes of at least 4 members (excludes halogenated alkanes) is 6. The molecular weight excluding hydrogens is 336 g/mol. The van der Waals surface area contributed by atoms with Crippen LogP contribution in [-0.2, 0) is 14.3 Å². The van der Waals surface area contributed by atoms with E-state index in [1.165, 1.54) is 0 Å². The van der Waals surface area contributed by atoms with Crippen molar-refractivity contribution >= 4 is 18.0 Å². The van der Waals surface area contributed by atoms with E-state index in [1.807, 2.05) is 6.08 Å². The SMILES string of the molecule is C=CCCCCCCCCC(=O)N[C@@H](CNC(=O)OC(C)(C)C)C(=O)O. The molecule has 0 unspecified atom stereocenters. The number of hydrogen-bond acceptors (Lipinski definition) is 4. The molecule has 0 spiro atoms. The Bertz CT molecular complexity index is 457. The van der Waals surface area contributed by atoms with Gasteiger partial charge in [0, 0.05) is 6.42 Å². The van der Waals surface area contributed by atoms with Crippen LogP contribution in [0.5, 0.6) is 0 Å². The zero-order valence-corrected chi connectivity index (χ0v) is 16.3. The third-order valence-electron chi connectivity index (χ3n) is 3.54. The second kappa shape index (κ2) is 13.2. The Hall–Kier alpha value is -2.05. The van der Waals surface area contributed by atoms with E-state index >= 15 is 0 Å². The zero-order valence-electron chi connectivity index (χ0n) is 16.3. The summed E-state index contributed by atoms with van der Waals surface area (Å²) in [6.07, 6.45) is 8.69. The largest absolute Gasteiger partial charge is 0.480 e. The van der Waals surface area contributed by atoms with Crippen LogP contribution in [0.15, 0.2) is 12.7 Å². The first-order valence-electron chi connectivity index (χ1n) is 9.25. The number of rotatable bonds is 13. The topological polar surface area (TPSA) is 105 Å². The van der Waals surface area contributed by atoms with E-state index in [0.717, 1.165) is 44.9 Å². The Balaban J connectivity index is 3.99. The predicted molar refractivity (Wildman–Crippen MR) is 101 cm³/mol. The van der Waals surface area contributed by atoms with Gasteiger partial charge in [-0.2, -0.15) is 0 Å². The second-order valence-corrected chi connectivity index (χ2v) is 7.29. The van der Waals surface area contributed by atoms with Crippen molar-refractivity contribution in [2.75, 3.05) is 6.54 Å². The minimum atomic E-state index is -1.20. The lowest BCUT2D eigenvalue weighted by atomic mass is 10.1. The number of amides is 2. The summed E-state index contributed by atoms with van der Waals surface area (Å²) in [4.78, 5) is 34.7. The molecule has 0 aliphatic rings. The van der Waals surface area contributed by atoms with Crippen LogP contribution in [0.1, 0.15) is 72.1 Å². The highest BCUT2D eigenvalue weighted by molar-refractivity contribution is 5.84. The van der Waals surface area contributed by atoms with Crippen LogP contribution < -0.4 is 10.6 Å². The number of nitrogens with one attached hydrogen (secondary N) is 2. The molecule has 0 fully saturated rings. The molecule has 7 heteroatoms. The summed E-state index contributed by atoms with van der Waals surface area (Å²) >= 11 is 0. The van der Waals surface area contributed by atoms with Crippen molar-refractivity contribution in [1.82, 2.24) is 10.6 Å². The molecule has 0 aliphatic carbocycles. The summed E-state index contributed by atoms with van der Waals surface area (Å²) in [6.45, 7) is 8.59. The summed E-state index contributed by atoms with van der Waals surface area (Å²) in [5, 5.41) is 14.0. The van der Waals surface area contributed by atoms with Gasteiger partial charge in [-0.1, -0.05) is 31.8 Å². The first kappa shape index (κ1) is 23.9. The molecule has 3 N–H and O–H groups in total. The summed E-state index contributed by atoms with van der Waals surface area (Å²) in [5.41, 5.74) is -0.669. The molecule has 0 bridgehead atoms. The van der Waals surface area contributed by atoms with Gasteiger partial charge in [0.15, 0.2) is 0 Å². The van der Waals surface area contributed by atoms with Crippen molar-refractivity contribution < 1.29 is 24.2 Å². The third-order valence-corrected chi connectivity index (χ3v) is 3.54. The van der Waals surface area contributed by atoms with Gasteiger partial charge in [0.05, 0.1) is 6.54 Å². The minimum absolute atomic E-state index is 0.223. The molecule has 150 valence electrons. The molecule has 0 rings (SSSR count). The first-order valence-corrected chi connectivity index (χ1v) is 9.25. The van der Waals surface area contributed by atoms with Crippen LogP contribution in [0, 0.1) is 0 Å². The molecule has 0 saturated heterocycles. The average molecular weight is 370 g/mol. The monoisotopic (exact) mass is 370 g/mol. The Morgan fingerprint density at radius 2 is 1.65 bits per heavy atom. The summed E-state index contributed by atoms with van der Waals surface area (Å²) in [7, 11) is 0. The number of carboxylic acids is 1. The maximum absolute atomic E-state index is 11.9. The Kier molecular flexibility index (Phi) is 12.2. The zero-order chi connectivity index (χ0) is 20.0.